The van der Waals surface area contributed by atoms with E-state index in [1.807, 2.05) is 0 Å². The zero-order valence-corrected chi connectivity index (χ0v) is 7.71. The second-order valence-corrected chi connectivity index (χ2v) is 4.99. The van der Waals surface area contributed by atoms with Crippen molar-refractivity contribution in [3.05, 3.63) is 0 Å². The first-order chi connectivity index (χ1) is 6.12. The second kappa shape index (κ2) is 2.08. The van der Waals surface area contributed by atoms with E-state index in [1.165, 1.54) is 0 Å². The molecule has 0 amide bonds. The Hall–Kier alpha value is -0.180. The molecular formula is C10H15F2N. The molecule has 0 bridgehead atoms. The topological polar surface area (TPSA) is 12.0 Å². The third-order valence-corrected chi connectivity index (χ3v) is 4.71. The molecule has 1 atom stereocenters. The summed E-state index contributed by atoms with van der Waals surface area (Å²) in [6.45, 7) is 1.88. The minimum absolute atomic E-state index is 0.0295. The Morgan fingerprint density at radius 2 is 1.54 bits per heavy atom. The lowest BCUT2D eigenvalue weighted by atomic mass is 9.53. The molecule has 3 fully saturated rings. The minimum Gasteiger partial charge on any atom is -0.317 e. The summed E-state index contributed by atoms with van der Waals surface area (Å²) in [5.74, 6) is -2.32. The maximum absolute atomic E-state index is 13.2. The second-order valence-electron chi connectivity index (χ2n) is 4.99. The van der Waals surface area contributed by atoms with Gasteiger partial charge in [0.15, 0.2) is 0 Å². The molecule has 2 aliphatic carbocycles. The Morgan fingerprint density at radius 1 is 0.923 bits per heavy atom. The summed E-state index contributed by atoms with van der Waals surface area (Å²) in [5.41, 5.74) is -0.510. The van der Waals surface area contributed by atoms with Crippen LogP contribution in [0.4, 0.5) is 8.78 Å². The lowest BCUT2D eigenvalue weighted by Crippen LogP contribution is -2.51. The highest BCUT2D eigenvalue weighted by Gasteiger charge is 2.82. The standard InChI is InChI=1S/C10H15F2N/c11-10(12)7-9(10)2-1-8(9)3-5-13-6-4-8/h13H,1-7H2/t9-/m0/s1. The quantitative estimate of drug-likeness (QED) is 0.613. The minimum atomic E-state index is -2.32. The van der Waals surface area contributed by atoms with E-state index in [0.29, 0.717) is 0 Å². The van der Waals surface area contributed by atoms with Crippen molar-refractivity contribution in [1.82, 2.24) is 5.32 Å². The van der Waals surface area contributed by atoms with Crippen molar-refractivity contribution in [2.45, 2.75) is 38.0 Å². The molecule has 0 aromatic rings. The predicted molar refractivity (Wildman–Crippen MR) is 45.8 cm³/mol. The molecule has 2 saturated carbocycles. The van der Waals surface area contributed by atoms with E-state index >= 15 is 0 Å². The number of hydrogen-bond acceptors (Lipinski definition) is 1. The summed E-state index contributed by atoms with van der Waals surface area (Å²) in [4.78, 5) is 0. The Kier molecular flexibility index (Phi) is 1.30. The van der Waals surface area contributed by atoms with Crippen LogP contribution in [0.5, 0.6) is 0 Å². The number of alkyl halides is 2. The fourth-order valence-corrected chi connectivity index (χ4v) is 3.60. The van der Waals surface area contributed by atoms with Crippen LogP contribution in [0, 0.1) is 10.8 Å². The molecule has 0 unspecified atom stereocenters. The highest BCUT2D eigenvalue weighted by atomic mass is 19.3. The van der Waals surface area contributed by atoms with Gasteiger partial charge >= 0.3 is 0 Å². The van der Waals surface area contributed by atoms with Gasteiger partial charge in [-0.1, -0.05) is 0 Å². The lowest BCUT2D eigenvalue weighted by molar-refractivity contribution is -0.0986. The summed E-state index contributed by atoms with van der Waals surface area (Å²) >= 11 is 0. The summed E-state index contributed by atoms with van der Waals surface area (Å²) in [6.07, 6.45) is 3.95. The fraction of sp³-hybridized carbons (Fsp3) is 1.00. The Bertz CT molecular complexity index is 245. The molecule has 13 heavy (non-hydrogen) atoms. The van der Waals surface area contributed by atoms with E-state index in [1.54, 1.807) is 0 Å². The van der Waals surface area contributed by atoms with Crippen LogP contribution >= 0.6 is 0 Å². The van der Waals surface area contributed by atoms with Gasteiger partial charge in [0, 0.05) is 11.8 Å². The highest BCUT2D eigenvalue weighted by molar-refractivity contribution is 5.25. The van der Waals surface area contributed by atoms with Gasteiger partial charge in [-0.25, -0.2) is 8.78 Å². The van der Waals surface area contributed by atoms with Crippen LogP contribution in [0.3, 0.4) is 0 Å². The number of fused-ring (bicyclic) bond motifs is 1. The SMILES string of the molecule is FC1(F)C[C@]12CCC21CCNCC1. The first kappa shape index (κ1) is 8.16. The number of rotatable bonds is 0. The zero-order chi connectivity index (χ0) is 9.16. The smallest absolute Gasteiger partial charge is 0.255 e. The molecule has 3 heteroatoms. The van der Waals surface area contributed by atoms with Crippen molar-refractivity contribution in [3.8, 4) is 0 Å². The first-order valence-corrected chi connectivity index (χ1v) is 5.21. The molecule has 74 valence electrons. The van der Waals surface area contributed by atoms with Crippen LogP contribution in [0.1, 0.15) is 32.1 Å². The normalized spacial score (nSPS) is 44.8. The number of nitrogens with one attached hydrogen (secondary N) is 1. The van der Waals surface area contributed by atoms with Crippen molar-refractivity contribution in [1.29, 1.82) is 0 Å². The molecular weight excluding hydrogens is 172 g/mol. The van der Waals surface area contributed by atoms with Crippen molar-refractivity contribution < 1.29 is 8.78 Å². The summed E-state index contributed by atoms with van der Waals surface area (Å²) in [5, 5.41) is 3.26. The number of halogens is 2. The monoisotopic (exact) mass is 187 g/mol. The molecule has 3 rings (SSSR count). The predicted octanol–water partition coefficient (Wildman–Crippen LogP) is 2.18. The fourth-order valence-electron chi connectivity index (χ4n) is 3.60. The number of piperidine rings is 1. The van der Waals surface area contributed by atoms with E-state index in [0.717, 1.165) is 38.8 Å². The van der Waals surface area contributed by atoms with Gasteiger partial charge in [-0.2, -0.15) is 0 Å². The van der Waals surface area contributed by atoms with Gasteiger partial charge in [-0.3, -0.25) is 0 Å². The lowest BCUT2D eigenvalue weighted by Gasteiger charge is -2.53. The number of hydrogen-bond donors (Lipinski definition) is 1. The van der Waals surface area contributed by atoms with Crippen LogP contribution < -0.4 is 5.32 Å². The van der Waals surface area contributed by atoms with Gasteiger partial charge in [-0.05, 0) is 44.2 Å². The molecule has 0 radical (unpaired) electrons. The molecule has 0 aromatic carbocycles. The van der Waals surface area contributed by atoms with Gasteiger partial charge in [-0.15, -0.1) is 0 Å². The molecule has 1 heterocycles. The molecule has 0 aromatic heterocycles. The third kappa shape index (κ3) is 0.756. The van der Waals surface area contributed by atoms with E-state index in [-0.39, 0.29) is 11.8 Å². The molecule has 1 N–H and O–H groups in total. The van der Waals surface area contributed by atoms with E-state index in [4.69, 9.17) is 0 Å². The van der Waals surface area contributed by atoms with Crippen LogP contribution in [0.25, 0.3) is 0 Å². The van der Waals surface area contributed by atoms with Gasteiger partial charge < -0.3 is 5.32 Å². The van der Waals surface area contributed by atoms with Crippen LogP contribution in [-0.2, 0) is 0 Å². The van der Waals surface area contributed by atoms with E-state index in [2.05, 4.69) is 5.32 Å². The van der Waals surface area contributed by atoms with Gasteiger partial charge in [0.1, 0.15) is 0 Å². The van der Waals surface area contributed by atoms with Crippen LogP contribution in [0.15, 0.2) is 0 Å². The Morgan fingerprint density at radius 3 is 1.92 bits per heavy atom. The molecule has 1 nitrogen and oxygen atoms in total. The van der Waals surface area contributed by atoms with Crippen molar-refractivity contribution in [2.24, 2.45) is 10.8 Å². The van der Waals surface area contributed by atoms with Crippen molar-refractivity contribution >= 4 is 0 Å². The zero-order valence-electron chi connectivity index (χ0n) is 7.71. The maximum atomic E-state index is 13.2. The largest absolute Gasteiger partial charge is 0.317 e. The van der Waals surface area contributed by atoms with E-state index in [9.17, 15) is 8.78 Å². The average Bonchev–Trinajstić information content (AvgIpc) is 2.73. The van der Waals surface area contributed by atoms with Gasteiger partial charge in [0.2, 0.25) is 0 Å². The third-order valence-electron chi connectivity index (χ3n) is 4.71. The Balaban J connectivity index is 1.85. The Labute approximate surface area is 76.9 Å². The van der Waals surface area contributed by atoms with Crippen molar-refractivity contribution in [3.63, 3.8) is 0 Å². The highest BCUT2D eigenvalue weighted by Crippen LogP contribution is 2.81. The first-order valence-electron chi connectivity index (χ1n) is 5.21. The molecule has 1 aliphatic heterocycles. The van der Waals surface area contributed by atoms with Crippen LogP contribution in [-0.4, -0.2) is 19.0 Å². The molecule has 1 saturated heterocycles. The molecule has 3 aliphatic rings. The maximum Gasteiger partial charge on any atom is 0.255 e. The summed E-state index contributed by atoms with van der Waals surface area (Å²) in [7, 11) is 0. The average molecular weight is 187 g/mol. The van der Waals surface area contributed by atoms with Gasteiger partial charge in [0.25, 0.3) is 5.92 Å². The van der Waals surface area contributed by atoms with Crippen LogP contribution in [0.2, 0.25) is 0 Å². The molecule has 2 spiro atoms. The van der Waals surface area contributed by atoms with Gasteiger partial charge in [0.05, 0.1) is 0 Å². The summed E-state index contributed by atoms with van der Waals surface area (Å²) in [6, 6.07) is 0. The summed E-state index contributed by atoms with van der Waals surface area (Å²) < 4.78 is 26.5. The van der Waals surface area contributed by atoms with E-state index < -0.39 is 11.3 Å². The van der Waals surface area contributed by atoms with Crippen molar-refractivity contribution in [2.75, 3.05) is 13.1 Å².